The Morgan fingerprint density at radius 2 is 1.95 bits per heavy atom. The van der Waals surface area contributed by atoms with Gasteiger partial charge in [0.15, 0.2) is 0 Å². The van der Waals surface area contributed by atoms with Crippen LogP contribution in [-0.4, -0.2) is 40.7 Å². The van der Waals surface area contributed by atoms with Gasteiger partial charge in [0.05, 0.1) is 0 Å². The van der Waals surface area contributed by atoms with Crippen molar-refractivity contribution in [2.45, 2.75) is 30.2 Å². The third-order valence-electron chi connectivity index (χ3n) is 4.74. The highest BCUT2D eigenvalue weighted by molar-refractivity contribution is 7.98. The van der Waals surface area contributed by atoms with Crippen LogP contribution in [0.2, 0.25) is 0 Å². The Bertz CT molecular complexity index is 557. The molecule has 0 aromatic heterocycles. The van der Waals surface area contributed by atoms with Gasteiger partial charge in [-0.25, -0.2) is 4.79 Å². The Balaban J connectivity index is 1.84. The minimum atomic E-state index is -0.863. The van der Waals surface area contributed by atoms with Crippen LogP contribution in [0.3, 0.4) is 0 Å². The van der Waals surface area contributed by atoms with Crippen LogP contribution in [0.4, 0.5) is 0 Å². The largest absolute Gasteiger partial charge is 0.480 e. The lowest BCUT2D eigenvalue weighted by molar-refractivity contribution is -0.142. The number of carboxylic acids is 1. The van der Waals surface area contributed by atoms with Crippen LogP contribution < -0.4 is 0 Å². The Hall–Kier alpha value is -1.49. The average Bonchev–Trinajstić information content (AvgIpc) is 3.06. The Morgan fingerprint density at radius 1 is 1.24 bits per heavy atom. The molecule has 1 aliphatic heterocycles. The number of amides is 1. The SMILES string of the molecule is CSc1ccc(C(=O)N2CC3CCCC3C2C(=O)O)cc1. The number of carboxylic acid groups (broad SMARTS) is 1. The molecule has 1 saturated heterocycles. The first-order valence-corrected chi connectivity index (χ1v) is 8.52. The fourth-order valence-corrected chi connectivity index (χ4v) is 4.14. The highest BCUT2D eigenvalue weighted by Crippen LogP contribution is 2.42. The van der Waals surface area contributed by atoms with Gasteiger partial charge in [-0.1, -0.05) is 6.42 Å². The molecule has 1 saturated carbocycles. The summed E-state index contributed by atoms with van der Waals surface area (Å²) in [6, 6.07) is 6.75. The van der Waals surface area contributed by atoms with E-state index < -0.39 is 12.0 Å². The molecule has 1 N–H and O–H groups in total. The molecular formula is C16H19NO3S. The second-order valence-electron chi connectivity index (χ2n) is 5.82. The topological polar surface area (TPSA) is 57.6 Å². The van der Waals surface area contributed by atoms with Crippen LogP contribution in [0, 0.1) is 11.8 Å². The lowest BCUT2D eigenvalue weighted by Gasteiger charge is -2.24. The van der Waals surface area contributed by atoms with E-state index >= 15 is 0 Å². The van der Waals surface area contributed by atoms with Gasteiger partial charge in [0.1, 0.15) is 6.04 Å². The molecular weight excluding hydrogens is 286 g/mol. The fraction of sp³-hybridized carbons (Fsp3) is 0.500. The maximum absolute atomic E-state index is 12.6. The summed E-state index contributed by atoms with van der Waals surface area (Å²) in [7, 11) is 0. The first-order valence-electron chi connectivity index (χ1n) is 7.29. The molecule has 21 heavy (non-hydrogen) atoms. The number of likely N-dealkylation sites (tertiary alicyclic amines) is 1. The predicted molar refractivity (Wildman–Crippen MR) is 81.5 cm³/mol. The smallest absolute Gasteiger partial charge is 0.326 e. The van der Waals surface area contributed by atoms with Gasteiger partial charge in [0.2, 0.25) is 0 Å². The molecule has 0 radical (unpaired) electrons. The summed E-state index contributed by atoms with van der Waals surface area (Å²) in [5, 5.41) is 9.51. The van der Waals surface area contributed by atoms with E-state index in [9.17, 15) is 14.7 Å². The number of nitrogens with zero attached hydrogens (tertiary/aromatic N) is 1. The molecule has 112 valence electrons. The zero-order valence-corrected chi connectivity index (χ0v) is 12.8. The summed E-state index contributed by atoms with van der Waals surface area (Å²) >= 11 is 1.62. The molecule has 1 aromatic carbocycles. The molecule has 1 aliphatic carbocycles. The number of hydrogen-bond donors (Lipinski definition) is 1. The molecule has 3 atom stereocenters. The molecule has 3 rings (SSSR count). The van der Waals surface area contributed by atoms with Crippen LogP contribution >= 0.6 is 11.8 Å². The second kappa shape index (κ2) is 5.72. The third-order valence-corrected chi connectivity index (χ3v) is 5.48. The van der Waals surface area contributed by atoms with E-state index in [4.69, 9.17) is 0 Å². The maximum Gasteiger partial charge on any atom is 0.326 e. The molecule has 2 aliphatic rings. The number of thioether (sulfide) groups is 1. The lowest BCUT2D eigenvalue weighted by atomic mass is 9.94. The predicted octanol–water partition coefficient (Wildman–Crippen LogP) is 2.73. The van der Waals surface area contributed by atoms with E-state index in [-0.39, 0.29) is 11.8 Å². The first kappa shape index (κ1) is 14.4. The van der Waals surface area contributed by atoms with Gasteiger partial charge >= 0.3 is 5.97 Å². The van der Waals surface area contributed by atoms with Crippen molar-refractivity contribution in [3.05, 3.63) is 29.8 Å². The quantitative estimate of drug-likeness (QED) is 0.872. The van der Waals surface area contributed by atoms with E-state index in [2.05, 4.69) is 0 Å². The number of carbonyl (C=O) groups excluding carboxylic acids is 1. The highest BCUT2D eigenvalue weighted by Gasteiger charge is 2.49. The van der Waals surface area contributed by atoms with Crippen molar-refractivity contribution in [2.24, 2.45) is 11.8 Å². The van der Waals surface area contributed by atoms with Gasteiger partial charge in [-0.2, -0.15) is 0 Å². The zero-order chi connectivity index (χ0) is 15.0. The number of benzene rings is 1. The molecule has 0 bridgehead atoms. The van der Waals surface area contributed by atoms with E-state index in [1.807, 2.05) is 18.4 Å². The summed E-state index contributed by atoms with van der Waals surface area (Å²) in [4.78, 5) is 26.9. The van der Waals surface area contributed by atoms with E-state index in [1.54, 1.807) is 28.8 Å². The summed E-state index contributed by atoms with van der Waals surface area (Å²) in [5.74, 6) is -0.514. The summed E-state index contributed by atoms with van der Waals surface area (Å²) < 4.78 is 0. The molecule has 1 heterocycles. The van der Waals surface area contributed by atoms with Gasteiger partial charge in [-0.3, -0.25) is 4.79 Å². The minimum absolute atomic E-state index is 0.136. The number of rotatable bonds is 3. The van der Waals surface area contributed by atoms with Gasteiger partial charge in [0, 0.05) is 17.0 Å². The number of hydrogen-bond acceptors (Lipinski definition) is 3. The zero-order valence-electron chi connectivity index (χ0n) is 12.0. The maximum atomic E-state index is 12.6. The second-order valence-corrected chi connectivity index (χ2v) is 6.70. The first-order chi connectivity index (χ1) is 10.1. The van der Waals surface area contributed by atoms with E-state index in [0.717, 1.165) is 24.2 Å². The molecule has 0 spiro atoms. The Kier molecular flexibility index (Phi) is 3.93. The van der Waals surface area contributed by atoms with Gasteiger partial charge in [-0.15, -0.1) is 11.8 Å². The molecule has 1 amide bonds. The standard InChI is InChI=1S/C16H19NO3S/c1-21-12-7-5-10(6-8-12)15(18)17-9-11-3-2-4-13(11)14(17)16(19)20/h5-8,11,13-14H,2-4,9H2,1H3,(H,19,20). The normalized spacial score (nSPS) is 27.7. The minimum Gasteiger partial charge on any atom is -0.480 e. The van der Waals surface area contributed by atoms with Crippen molar-refractivity contribution in [1.82, 2.24) is 4.90 Å². The van der Waals surface area contributed by atoms with Crippen LogP contribution in [0.1, 0.15) is 29.6 Å². The van der Waals surface area contributed by atoms with Crippen molar-refractivity contribution in [3.8, 4) is 0 Å². The molecule has 1 aromatic rings. The van der Waals surface area contributed by atoms with Gasteiger partial charge in [0.25, 0.3) is 5.91 Å². The summed E-state index contributed by atoms with van der Waals surface area (Å²) in [5.41, 5.74) is 0.582. The fourth-order valence-electron chi connectivity index (χ4n) is 3.73. The molecule has 3 unspecified atom stereocenters. The highest BCUT2D eigenvalue weighted by atomic mass is 32.2. The van der Waals surface area contributed by atoms with Crippen LogP contribution in [0.25, 0.3) is 0 Å². The summed E-state index contributed by atoms with van der Waals surface area (Å²) in [6.45, 7) is 0.588. The molecule has 2 fully saturated rings. The third kappa shape index (κ3) is 2.55. The monoisotopic (exact) mass is 305 g/mol. The summed E-state index contributed by atoms with van der Waals surface area (Å²) in [6.07, 6.45) is 5.04. The van der Waals surface area contributed by atoms with Gasteiger partial charge < -0.3 is 10.0 Å². The number of aliphatic carboxylic acids is 1. The molecule has 4 nitrogen and oxygen atoms in total. The van der Waals surface area contributed by atoms with Crippen LogP contribution in [0.15, 0.2) is 29.2 Å². The van der Waals surface area contributed by atoms with Crippen LogP contribution in [0.5, 0.6) is 0 Å². The van der Waals surface area contributed by atoms with E-state index in [0.29, 0.717) is 18.0 Å². The Labute approximate surface area is 128 Å². The van der Waals surface area contributed by atoms with E-state index in [1.165, 1.54) is 0 Å². The number of carbonyl (C=O) groups is 2. The number of fused-ring (bicyclic) bond motifs is 1. The van der Waals surface area contributed by atoms with Crippen molar-refractivity contribution in [2.75, 3.05) is 12.8 Å². The van der Waals surface area contributed by atoms with Crippen LogP contribution in [-0.2, 0) is 4.79 Å². The Morgan fingerprint density at radius 3 is 2.57 bits per heavy atom. The van der Waals surface area contributed by atoms with Crippen molar-refractivity contribution in [3.63, 3.8) is 0 Å². The van der Waals surface area contributed by atoms with Crippen molar-refractivity contribution in [1.29, 1.82) is 0 Å². The lowest BCUT2D eigenvalue weighted by Crippen LogP contribution is -2.43. The average molecular weight is 305 g/mol. The molecule has 5 heteroatoms. The van der Waals surface area contributed by atoms with Crippen molar-refractivity contribution < 1.29 is 14.7 Å². The van der Waals surface area contributed by atoms with Crippen molar-refractivity contribution >= 4 is 23.6 Å². The van der Waals surface area contributed by atoms with Gasteiger partial charge in [-0.05, 0) is 55.2 Å².